The van der Waals surface area contributed by atoms with Gasteiger partial charge in [0.15, 0.2) is 5.96 Å². The number of carbonyl (C=O) groups is 2. The van der Waals surface area contributed by atoms with Crippen molar-refractivity contribution < 1.29 is 14.7 Å². The summed E-state index contributed by atoms with van der Waals surface area (Å²) >= 11 is 0. The molecule has 8 nitrogen and oxygen atoms in total. The molecular formula is C12H25N5O3. The second-order valence-electron chi connectivity index (χ2n) is 5.12. The van der Waals surface area contributed by atoms with Crippen LogP contribution in [0.5, 0.6) is 0 Å². The van der Waals surface area contributed by atoms with Crippen molar-refractivity contribution in [3.8, 4) is 0 Å². The van der Waals surface area contributed by atoms with Gasteiger partial charge >= 0.3 is 5.97 Å². The first-order valence-corrected chi connectivity index (χ1v) is 6.60. The van der Waals surface area contributed by atoms with Crippen LogP contribution >= 0.6 is 0 Å². The average Bonchev–Trinajstić information content (AvgIpc) is 2.31. The second kappa shape index (κ2) is 9.13. The summed E-state index contributed by atoms with van der Waals surface area (Å²) in [6, 6.07) is -1.68. The molecule has 0 heterocycles. The van der Waals surface area contributed by atoms with Crippen LogP contribution in [-0.4, -0.2) is 41.6 Å². The lowest BCUT2D eigenvalue weighted by Crippen LogP contribution is -2.49. The maximum atomic E-state index is 11.8. The maximum absolute atomic E-state index is 11.8. The highest BCUT2D eigenvalue weighted by atomic mass is 16.4. The van der Waals surface area contributed by atoms with Crippen molar-refractivity contribution in [3.05, 3.63) is 0 Å². The lowest BCUT2D eigenvalue weighted by atomic mass is 10.0. The van der Waals surface area contributed by atoms with Crippen molar-refractivity contribution in [2.24, 2.45) is 17.4 Å². The SMILES string of the molecule is CC(C)CC(N)C(=O)NC(CCCNC(=N)N)C(=O)O. The van der Waals surface area contributed by atoms with Gasteiger partial charge in [-0.25, -0.2) is 4.79 Å². The molecule has 116 valence electrons. The molecule has 0 radical (unpaired) electrons. The van der Waals surface area contributed by atoms with E-state index in [1.54, 1.807) is 0 Å². The molecule has 0 saturated heterocycles. The summed E-state index contributed by atoms with van der Waals surface area (Å²) < 4.78 is 0. The number of nitrogens with two attached hydrogens (primary N) is 2. The van der Waals surface area contributed by atoms with Crippen molar-refractivity contribution in [2.75, 3.05) is 6.54 Å². The third-order valence-electron chi connectivity index (χ3n) is 2.66. The molecule has 8 N–H and O–H groups in total. The molecule has 0 fully saturated rings. The Balaban J connectivity index is 4.22. The minimum Gasteiger partial charge on any atom is -0.480 e. The van der Waals surface area contributed by atoms with Gasteiger partial charge in [-0.05, 0) is 25.2 Å². The minimum absolute atomic E-state index is 0.167. The molecule has 0 aliphatic carbocycles. The molecule has 0 aliphatic heterocycles. The summed E-state index contributed by atoms with van der Waals surface area (Å²) in [7, 11) is 0. The van der Waals surface area contributed by atoms with Gasteiger partial charge in [-0.3, -0.25) is 10.2 Å². The number of rotatable bonds is 9. The predicted molar refractivity (Wildman–Crippen MR) is 76.1 cm³/mol. The summed E-state index contributed by atoms with van der Waals surface area (Å²) in [4.78, 5) is 22.8. The number of amides is 1. The van der Waals surface area contributed by atoms with Crippen LogP contribution in [0, 0.1) is 11.3 Å². The van der Waals surface area contributed by atoms with Crippen molar-refractivity contribution >= 4 is 17.8 Å². The normalized spacial score (nSPS) is 13.6. The second-order valence-corrected chi connectivity index (χ2v) is 5.12. The number of hydrogen-bond acceptors (Lipinski definition) is 4. The fraction of sp³-hybridized carbons (Fsp3) is 0.750. The van der Waals surface area contributed by atoms with Crippen LogP contribution in [0.4, 0.5) is 0 Å². The third kappa shape index (κ3) is 8.30. The van der Waals surface area contributed by atoms with Gasteiger partial charge in [0.1, 0.15) is 6.04 Å². The molecule has 1 amide bonds. The Bertz CT molecular complexity index is 346. The Hall–Kier alpha value is -1.83. The summed E-state index contributed by atoms with van der Waals surface area (Å²) in [5.41, 5.74) is 10.8. The number of nitrogens with one attached hydrogen (secondary N) is 3. The van der Waals surface area contributed by atoms with E-state index in [1.807, 2.05) is 13.8 Å². The standard InChI is InChI=1S/C12H25N5O3/c1-7(2)6-8(13)10(18)17-9(11(19)20)4-3-5-16-12(14)15/h7-9H,3-6,13H2,1-2H3,(H,17,18)(H,19,20)(H4,14,15,16). The lowest BCUT2D eigenvalue weighted by Gasteiger charge is -2.19. The Labute approximate surface area is 118 Å². The first kappa shape index (κ1) is 18.2. The molecule has 0 rings (SSSR count). The molecule has 0 aromatic heterocycles. The first-order valence-electron chi connectivity index (χ1n) is 6.60. The van der Waals surface area contributed by atoms with Crippen LogP contribution in [0.25, 0.3) is 0 Å². The number of carboxylic acids is 1. The zero-order chi connectivity index (χ0) is 15.7. The van der Waals surface area contributed by atoms with E-state index in [2.05, 4.69) is 10.6 Å². The molecule has 0 aromatic rings. The Kier molecular flexibility index (Phi) is 8.30. The van der Waals surface area contributed by atoms with Crippen LogP contribution in [0.3, 0.4) is 0 Å². The van der Waals surface area contributed by atoms with Crippen LogP contribution in [-0.2, 0) is 9.59 Å². The molecule has 8 heteroatoms. The van der Waals surface area contributed by atoms with E-state index in [0.717, 1.165) is 0 Å². The fourth-order valence-corrected chi connectivity index (χ4v) is 1.68. The zero-order valence-electron chi connectivity index (χ0n) is 12.0. The van der Waals surface area contributed by atoms with Gasteiger partial charge in [-0.2, -0.15) is 0 Å². The molecular weight excluding hydrogens is 262 g/mol. The largest absolute Gasteiger partial charge is 0.480 e. The quantitative estimate of drug-likeness (QED) is 0.185. The Morgan fingerprint density at radius 1 is 1.35 bits per heavy atom. The van der Waals surface area contributed by atoms with Gasteiger partial charge in [0, 0.05) is 6.54 Å². The van der Waals surface area contributed by atoms with E-state index in [0.29, 0.717) is 19.4 Å². The van der Waals surface area contributed by atoms with Gasteiger partial charge in [0.25, 0.3) is 0 Å². The highest BCUT2D eigenvalue weighted by molar-refractivity contribution is 5.86. The van der Waals surface area contributed by atoms with Gasteiger partial charge in [0.2, 0.25) is 5.91 Å². The zero-order valence-corrected chi connectivity index (χ0v) is 12.0. The van der Waals surface area contributed by atoms with Crippen molar-refractivity contribution in [1.82, 2.24) is 10.6 Å². The van der Waals surface area contributed by atoms with Gasteiger partial charge in [-0.1, -0.05) is 13.8 Å². The van der Waals surface area contributed by atoms with Crippen molar-refractivity contribution in [3.63, 3.8) is 0 Å². The van der Waals surface area contributed by atoms with E-state index in [9.17, 15) is 9.59 Å². The summed E-state index contributed by atoms with van der Waals surface area (Å²) in [5.74, 6) is -1.46. The Morgan fingerprint density at radius 2 is 1.95 bits per heavy atom. The minimum atomic E-state index is -1.10. The van der Waals surface area contributed by atoms with Crippen molar-refractivity contribution in [2.45, 2.75) is 45.2 Å². The molecule has 0 saturated carbocycles. The Morgan fingerprint density at radius 3 is 2.40 bits per heavy atom. The van der Waals surface area contributed by atoms with Crippen LogP contribution in [0.2, 0.25) is 0 Å². The molecule has 2 atom stereocenters. The first-order chi connectivity index (χ1) is 9.23. The van der Waals surface area contributed by atoms with E-state index in [4.69, 9.17) is 22.0 Å². The molecule has 20 heavy (non-hydrogen) atoms. The highest BCUT2D eigenvalue weighted by Crippen LogP contribution is 2.04. The molecule has 2 unspecified atom stereocenters. The van der Waals surface area contributed by atoms with Gasteiger partial charge in [-0.15, -0.1) is 0 Å². The van der Waals surface area contributed by atoms with E-state index in [-0.39, 0.29) is 18.3 Å². The van der Waals surface area contributed by atoms with E-state index >= 15 is 0 Å². The number of carboxylic acid groups (broad SMARTS) is 1. The summed E-state index contributed by atoms with van der Waals surface area (Å²) in [6.07, 6.45) is 1.22. The molecule has 0 aromatic carbocycles. The van der Waals surface area contributed by atoms with Gasteiger partial charge in [0.05, 0.1) is 6.04 Å². The molecule has 0 bridgehead atoms. The average molecular weight is 287 g/mol. The smallest absolute Gasteiger partial charge is 0.326 e. The van der Waals surface area contributed by atoms with E-state index < -0.39 is 24.0 Å². The van der Waals surface area contributed by atoms with Crippen LogP contribution in [0.1, 0.15) is 33.1 Å². The van der Waals surface area contributed by atoms with Gasteiger partial charge < -0.3 is 27.2 Å². The lowest BCUT2D eigenvalue weighted by molar-refractivity contribution is -0.142. The third-order valence-corrected chi connectivity index (χ3v) is 2.66. The highest BCUT2D eigenvalue weighted by Gasteiger charge is 2.23. The maximum Gasteiger partial charge on any atom is 0.326 e. The summed E-state index contributed by atoms with van der Waals surface area (Å²) in [5, 5.41) is 21.0. The number of aliphatic carboxylic acids is 1. The van der Waals surface area contributed by atoms with Crippen LogP contribution < -0.4 is 22.1 Å². The number of hydrogen-bond donors (Lipinski definition) is 6. The topological polar surface area (TPSA) is 154 Å². The van der Waals surface area contributed by atoms with Crippen LogP contribution in [0.15, 0.2) is 0 Å². The van der Waals surface area contributed by atoms with E-state index in [1.165, 1.54) is 0 Å². The fourth-order valence-electron chi connectivity index (χ4n) is 1.68. The monoisotopic (exact) mass is 287 g/mol. The number of carbonyl (C=O) groups excluding carboxylic acids is 1. The number of guanidine groups is 1. The molecule has 0 aliphatic rings. The predicted octanol–water partition coefficient (Wildman–Crippen LogP) is -0.808. The molecule has 0 spiro atoms. The van der Waals surface area contributed by atoms with Crippen molar-refractivity contribution in [1.29, 1.82) is 5.41 Å². The summed E-state index contributed by atoms with van der Waals surface area (Å²) in [6.45, 7) is 4.26.